The Labute approximate surface area is 158 Å². The molecular formula is C22H21N3O2. The minimum Gasteiger partial charge on any atom is -0.471 e. The molecule has 27 heavy (non-hydrogen) atoms. The van der Waals surface area contributed by atoms with Crippen molar-refractivity contribution in [1.29, 1.82) is 0 Å². The smallest absolute Gasteiger partial charge is 0.318 e. The van der Waals surface area contributed by atoms with Crippen molar-refractivity contribution in [3.05, 3.63) is 96.2 Å². The summed E-state index contributed by atoms with van der Waals surface area (Å²) in [7, 11) is 0. The number of urea groups is 1. The fraction of sp³-hybridized carbons (Fsp3) is 0.182. The quantitative estimate of drug-likeness (QED) is 0.757. The first kappa shape index (κ1) is 17.1. The van der Waals surface area contributed by atoms with Crippen LogP contribution in [0.25, 0.3) is 0 Å². The molecule has 1 aromatic heterocycles. The number of hydrogen-bond acceptors (Lipinski definition) is 3. The van der Waals surface area contributed by atoms with Gasteiger partial charge in [0.05, 0.1) is 19.1 Å². The number of pyridine rings is 1. The lowest BCUT2D eigenvalue weighted by Gasteiger charge is -2.39. The molecular weight excluding hydrogens is 338 g/mol. The highest BCUT2D eigenvalue weighted by Crippen LogP contribution is 2.23. The molecule has 5 nitrogen and oxygen atoms in total. The summed E-state index contributed by atoms with van der Waals surface area (Å²) >= 11 is 0. The maximum atomic E-state index is 12.7. The van der Waals surface area contributed by atoms with Gasteiger partial charge in [-0.1, -0.05) is 66.7 Å². The van der Waals surface area contributed by atoms with Gasteiger partial charge in [0.25, 0.3) is 0 Å². The van der Waals surface area contributed by atoms with Gasteiger partial charge < -0.3 is 15.0 Å². The first-order valence-electron chi connectivity index (χ1n) is 9.02. The Morgan fingerprint density at radius 3 is 2.07 bits per heavy atom. The van der Waals surface area contributed by atoms with Crippen LogP contribution >= 0.6 is 0 Å². The summed E-state index contributed by atoms with van der Waals surface area (Å²) in [6.45, 7) is 1.11. The van der Waals surface area contributed by atoms with Gasteiger partial charge in [-0.3, -0.25) is 0 Å². The van der Waals surface area contributed by atoms with Crippen molar-refractivity contribution in [2.45, 2.75) is 12.1 Å². The Morgan fingerprint density at radius 2 is 1.52 bits per heavy atom. The summed E-state index contributed by atoms with van der Waals surface area (Å²) in [5.74, 6) is 0.592. The third-order valence-corrected chi connectivity index (χ3v) is 4.59. The SMILES string of the molecule is O=C(NC(c1ccccc1)c1ccccc1)N1CC(Oc2ccccn2)C1. The predicted octanol–water partition coefficient (Wildman–Crippen LogP) is 3.64. The zero-order valence-corrected chi connectivity index (χ0v) is 14.9. The van der Waals surface area contributed by atoms with Gasteiger partial charge in [0.1, 0.15) is 6.10 Å². The Bertz CT molecular complexity index is 826. The Hall–Kier alpha value is -3.34. The van der Waals surface area contributed by atoms with Crippen molar-refractivity contribution in [2.24, 2.45) is 0 Å². The number of nitrogens with one attached hydrogen (secondary N) is 1. The summed E-state index contributed by atoms with van der Waals surface area (Å²) in [6.07, 6.45) is 1.68. The van der Waals surface area contributed by atoms with E-state index in [0.29, 0.717) is 19.0 Å². The van der Waals surface area contributed by atoms with Crippen LogP contribution < -0.4 is 10.1 Å². The number of nitrogens with zero attached hydrogens (tertiary/aromatic N) is 2. The van der Waals surface area contributed by atoms with E-state index in [9.17, 15) is 4.79 Å². The number of rotatable bonds is 5. The van der Waals surface area contributed by atoms with Gasteiger partial charge in [-0.25, -0.2) is 9.78 Å². The monoisotopic (exact) mass is 359 g/mol. The summed E-state index contributed by atoms with van der Waals surface area (Å²) in [4.78, 5) is 18.6. The number of hydrogen-bond donors (Lipinski definition) is 1. The molecule has 2 heterocycles. The van der Waals surface area contributed by atoms with E-state index in [1.54, 1.807) is 11.1 Å². The highest BCUT2D eigenvalue weighted by molar-refractivity contribution is 5.76. The molecule has 0 radical (unpaired) electrons. The molecule has 4 rings (SSSR count). The predicted molar refractivity (Wildman–Crippen MR) is 103 cm³/mol. The van der Waals surface area contributed by atoms with E-state index in [1.807, 2.05) is 78.9 Å². The lowest BCUT2D eigenvalue weighted by Crippen LogP contribution is -2.59. The second kappa shape index (κ2) is 7.91. The van der Waals surface area contributed by atoms with E-state index in [2.05, 4.69) is 10.3 Å². The molecule has 5 heteroatoms. The van der Waals surface area contributed by atoms with Crippen molar-refractivity contribution in [1.82, 2.24) is 15.2 Å². The summed E-state index contributed by atoms with van der Waals surface area (Å²) in [5, 5.41) is 3.15. The number of ether oxygens (including phenoxy) is 1. The first-order chi connectivity index (χ1) is 13.3. The van der Waals surface area contributed by atoms with E-state index in [4.69, 9.17) is 4.74 Å². The van der Waals surface area contributed by atoms with E-state index >= 15 is 0 Å². The average molecular weight is 359 g/mol. The molecule has 1 saturated heterocycles. The van der Waals surface area contributed by atoms with Crippen LogP contribution in [0, 0.1) is 0 Å². The molecule has 0 spiro atoms. The minimum absolute atomic E-state index is 0.0162. The third kappa shape index (κ3) is 4.08. The van der Waals surface area contributed by atoms with Crippen LogP contribution in [-0.4, -0.2) is 35.1 Å². The summed E-state index contributed by atoms with van der Waals surface area (Å²) in [6, 6.07) is 25.3. The Balaban J connectivity index is 1.40. The number of carbonyl (C=O) groups is 1. The van der Waals surface area contributed by atoms with Crippen molar-refractivity contribution in [2.75, 3.05) is 13.1 Å². The van der Waals surface area contributed by atoms with Gasteiger partial charge in [0.15, 0.2) is 0 Å². The van der Waals surface area contributed by atoms with E-state index in [-0.39, 0.29) is 18.2 Å². The van der Waals surface area contributed by atoms with Crippen molar-refractivity contribution in [3.8, 4) is 5.88 Å². The molecule has 1 N–H and O–H groups in total. The van der Waals surface area contributed by atoms with Crippen LogP contribution in [0.4, 0.5) is 4.79 Å². The molecule has 136 valence electrons. The fourth-order valence-electron chi connectivity index (χ4n) is 3.13. The molecule has 0 unspecified atom stereocenters. The van der Waals surface area contributed by atoms with Gasteiger partial charge in [0, 0.05) is 12.3 Å². The topological polar surface area (TPSA) is 54.5 Å². The molecule has 0 saturated carbocycles. The zero-order chi connectivity index (χ0) is 18.5. The van der Waals surface area contributed by atoms with Crippen molar-refractivity contribution < 1.29 is 9.53 Å². The molecule has 0 atom stereocenters. The first-order valence-corrected chi connectivity index (χ1v) is 9.02. The standard InChI is InChI=1S/C22H21N3O2/c26-22(25-15-19(16-25)27-20-13-7-8-14-23-20)24-21(17-9-3-1-4-10-17)18-11-5-2-6-12-18/h1-14,19,21H,15-16H2,(H,24,26). The van der Waals surface area contributed by atoms with E-state index in [0.717, 1.165) is 11.1 Å². The molecule has 2 aromatic carbocycles. The summed E-state index contributed by atoms with van der Waals surface area (Å²) in [5.41, 5.74) is 2.11. The maximum Gasteiger partial charge on any atom is 0.318 e. The number of amides is 2. The Morgan fingerprint density at radius 1 is 0.926 bits per heavy atom. The second-order valence-electron chi connectivity index (χ2n) is 6.52. The van der Waals surface area contributed by atoms with Crippen LogP contribution in [0.2, 0.25) is 0 Å². The largest absolute Gasteiger partial charge is 0.471 e. The van der Waals surface area contributed by atoms with Crippen LogP contribution in [0.1, 0.15) is 17.2 Å². The van der Waals surface area contributed by atoms with Crippen LogP contribution in [0.15, 0.2) is 85.1 Å². The van der Waals surface area contributed by atoms with Gasteiger partial charge in [-0.15, -0.1) is 0 Å². The molecule has 1 aliphatic heterocycles. The van der Waals surface area contributed by atoms with E-state index in [1.165, 1.54) is 0 Å². The average Bonchev–Trinajstić information content (AvgIpc) is 2.70. The van der Waals surface area contributed by atoms with Gasteiger partial charge >= 0.3 is 6.03 Å². The highest BCUT2D eigenvalue weighted by Gasteiger charge is 2.33. The normalized spacial score (nSPS) is 13.9. The Kier molecular flexibility index (Phi) is 5.01. The summed E-state index contributed by atoms with van der Waals surface area (Å²) < 4.78 is 5.77. The van der Waals surface area contributed by atoms with E-state index < -0.39 is 0 Å². The molecule has 1 aliphatic rings. The van der Waals surface area contributed by atoms with Crippen LogP contribution in [-0.2, 0) is 0 Å². The van der Waals surface area contributed by atoms with Gasteiger partial charge in [-0.2, -0.15) is 0 Å². The highest BCUT2D eigenvalue weighted by atomic mass is 16.5. The lowest BCUT2D eigenvalue weighted by atomic mass is 9.99. The van der Waals surface area contributed by atoms with Gasteiger partial charge in [0.2, 0.25) is 5.88 Å². The minimum atomic E-state index is -0.185. The molecule has 2 amide bonds. The van der Waals surface area contributed by atoms with Crippen molar-refractivity contribution in [3.63, 3.8) is 0 Å². The number of carbonyl (C=O) groups excluding carboxylic acids is 1. The number of likely N-dealkylation sites (tertiary alicyclic amines) is 1. The molecule has 0 bridgehead atoms. The third-order valence-electron chi connectivity index (χ3n) is 4.59. The second-order valence-corrected chi connectivity index (χ2v) is 6.52. The maximum absolute atomic E-state index is 12.7. The molecule has 1 fully saturated rings. The molecule has 3 aromatic rings. The van der Waals surface area contributed by atoms with Gasteiger partial charge in [-0.05, 0) is 17.2 Å². The van der Waals surface area contributed by atoms with Crippen LogP contribution in [0.5, 0.6) is 5.88 Å². The lowest BCUT2D eigenvalue weighted by molar-refractivity contribution is 0.0408. The molecule has 0 aliphatic carbocycles. The van der Waals surface area contributed by atoms with Crippen molar-refractivity contribution >= 4 is 6.03 Å². The van der Waals surface area contributed by atoms with Crippen LogP contribution in [0.3, 0.4) is 0 Å². The number of benzene rings is 2. The zero-order valence-electron chi connectivity index (χ0n) is 14.9. The number of aromatic nitrogens is 1. The fourth-order valence-corrected chi connectivity index (χ4v) is 3.13.